The van der Waals surface area contributed by atoms with Crippen LogP contribution in [0.2, 0.25) is 0 Å². The Bertz CT molecular complexity index is 901. The highest BCUT2D eigenvalue weighted by Crippen LogP contribution is 2.23. The highest BCUT2D eigenvalue weighted by atomic mass is 16.4. The van der Waals surface area contributed by atoms with Gasteiger partial charge < -0.3 is 4.42 Å². The Hall–Kier alpha value is -2.96. The molecule has 0 fully saturated rings. The number of carbonyl (C=O) groups excluding carboxylic acids is 1. The number of rotatable bonds is 4. The SMILES string of the molecule is CC(C)n1ccc(-c2nnc(NC(=O)c3ccc(C(C)(C)C)cc3)o2)n1. The first-order valence-corrected chi connectivity index (χ1v) is 8.55. The van der Waals surface area contributed by atoms with Crippen molar-refractivity contribution in [2.24, 2.45) is 0 Å². The minimum Gasteiger partial charge on any atom is -0.401 e. The normalized spacial score (nSPS) is 11.8. The van der Waals surface area contributed by atoms with Crippen LogP contribution in [0.15, 0.2) is 40.9 Å². The van der Waals surface area contributed by atoms with Crippen molar-refractivity contribution in [1.82, 2.24) is 20.0 Å². The predicted molar refractivity (Wildman–Crippen MR) is 99.0 cm³/mol. The first-order chi connectivity index (χ1) is 12.2. The number of benzene rings is 1. The Kier molecular flexibility index (Phi) is 4.63. The minimum absolute atomic E-state index is 0.0375. The molecule has 3 aromatic rings. The molecule has 7 nitrogen and oxygen atoms in total. The lowest BCUT2D eigenvalue weighted by Gasteiger charge is -2.18. The number of hydrogen-bond acceptors (Lipinski definition) is 5. The van der Waals surface area contributed by atoms with E-state index in [1.807, 2.05) is 32.2 Å². The quantitative estimate of drug-likeness (QED) is 0.764. The molecule has 0 aliphatic carbocycles. The van der Waals surface area contributed by atoms with Crippen molar-refractivity contribution >= 4 is 11.9 Å². The Balaban J connectivity index is 1.71. The first kappa shape index (κ1) is 17.8. The fraction of sp³-hybridized carbons (Fsp3) is 0.368. The van der Waals surface area contributed by atoms with E-state index in [9.17, 15) is 4.79 Å². The summed E-state index contributed by atoms with van der Waals surface area (Å²) in [4.78, 5) is 12.4. The van der Waals surface area contributed by atoms with Gasteiger partial charge in [0.1, 0.15) is 5.69 Å². The number of amides is 1. The van der Waals surface area contributed by atoms with Gasteiger partial charge in [-0.1, -0.05) is 38.0 Å². The average molecular weight is 353 g/mol. The summed E-state index contributed by atoms with van der Waals surface area (Å²) in [5, 5.41) is 14.8. The average Bonchev–Trinajstić information content (AvgIpc) is 3.23. The Morgan fingerprint density at radius 1 is 1.12 bits per heavy atom. The standard InChI is InChI=1S/C19H23N5O2/c1-12(2)24-11-10-15(23-24)17-21-22-18(26-17)20-16(25)13-6-8-14(9-7-13)19(3,4)5/h6-12H,1-5H3,(H,20,22,25). The molecule has 1 N–H and O–H groups in total. The van der Waals surface area contributed by atoms with Crippen molar-refractivity contribution in [3.05, 3.63) is 47.7 Å². The number of nitrogens with zero attached hydrogens (tertiary/aromatic N) is 4. The van der Waals surface area contributed by atoms with Crippen LogP contribution in [-0.2, 0) is 5.41 Å². The van der Waals surface area contributed by atoms with Crippen molar-refractivity contribution in [3.63, 3.8) is 0 Å². The monoisotopic (exact) mass is 353 g/mol. The van der Waals surface area contributed by atoms with Gasteiger partial charge in [-0.3, -0.25) is 14.8 Å². The molecular formula is C19H23N5O2. The molecule has 0 bridgehead atoms. The maximum absolute atomic E-state index is 12.4. The molecule has 0 unspecified atom stereocenters. The molecule has 0 spiro atoms. The summed E-state index contributed by atoms with van der Waals surface area (Å²) in [6.45, 7) is 10.4. The third-order valence-corrected chi connectivity index (χ3v) is 4.02. The highest BCUT2D eigenvalue weighted by molar-refractivity contribution is 6.03. The Labute approximate surface area is 152 Å². The van der Waals surface area contributed by atoms with Gasteiger partial charge in [-0.2, -0.15) is 5.10 Å². The number of aromatic nitrogens is 4. The van der Waals surface area contributed by atoms with Crippen LogP contribution in [0.1, 0.15) is 56.6 Å². The third-order valence-electron chi connectivity index (χ3n) is 4.02. The molecule has 2 aromatic heterocycles. The second-order valence-corrected chi connectivity index (χ2v) is 7.47. The molecule has 26 heavy (non-hydrogen) atoms. The largest absolute Gasteiger partial charge is 0.401 e. The van der Waals surface area contributed by atoms with E-state index in [0.717, 1.165) is 5.56 Å². The fourth-order valence-electron chi connectivity index (χ4n) is 2.41. The number of hydrogen-bond donors (Lipinski definition) is 1. The maximum Gasteiger partial charge on any atom is 0.322 e. The predicted octanol–water partition coefficient (Wildman–Crippen LogP) is 4.06. The highest BCUT2D eigenvalue weighted by Gasteiger charge is 2.17. The van der Waals surface area contributed by atoms with Gasteiger partial charge in [0, 0.05) is 17.8 Å². The topological polar surface area (TPSA) is 85.8 Å². The van der Waals surface area contributed by atoms with Gasteiger partial charge in [0.2, 0.25) is 0 Å². The van der Waals surface area contributed by atoms with Crippen LogP contribution in [0.4, 0.5) is 6.01 Å². The van der Waals surface area contributed by atoms with Crippen molar-refractivity contribution in [1.29, 1.82) is 0 Å². The molecule has 0 saturated carbocycles. The molecule has 1 amide bonds. The van der Waals surface area contributed by atoms with Crippen molar-refractivity contribution < 1.29 is 9.21 Å². The lowest BCUT2D eigenvalue weighted by Crippen LogP contribution is -2.14. The van der Waals surface area contributed by atoms with Crippen LogP contribution in [0.25, 0.3) is 11.6 Å². The van der Waals surface area contributed by atoms with E-state index >= 15 is 0 Å². The van der Waals surface area contributed by atoms with E-state index < -0.39 is 0 Å². The van der Waals surface area contributed by atoms with E-state index in [1.165, 1.54) is 0 Å². The van der Waals surface area contributed by atoms with Crippen LogP contribution in [0.5, 0.6) is 0 Å². The van der Waals surface area contributed by atoms with Gasteiger partial charge in [0.15, 0.2) is 0 Å². The summed E-state index contributed by atoms with van der Waals surface area (Å²) in [6.07, 6.45) is 1.85. The molecule has 0 saturated heterocycles. The fourth-order valence-corrected chi connectivity index (χ4v) is 2.41. The lowest BCUT2D eigenvalue weighted by molar-refractivity contribution is 0.102. The zero-order valence-electron chi connectivity index (χ0n) is 15.6. The molecule has 0 aliphatic heterocycles. The Morgan fingerprint density at radius 2 is 1.81 bits per heavy atom. The minimum atomic E-state index is -0.298. The van der Waals surface area contributed by atoms with Crippen LogP contribution >= 0.6 is 0 Å². The molecule has 3 rings (SSSR count). The summed E-state index contributed by atoms with van der Waals surface area (Å²) in [5.41, 5.74) is 2.30. The second-order valence-electron chi connectivity index (χ2n) is 7.47. The van der Waals surface area contributed by atoms with Gasteiger partial charge in [0.05, 0.1) is 0 Å². The molecule has 2 heterocycles. The van der Waals surface area contributed by atoms with Gasteiger partial charge >= 0.3 is 6.01 Å². The molecule has 1 aromatic carbocycles. The van der Waals surface area contributed by atoms with E-state index in [1.54, 1.807) is 22.9 Å². The van der Waals surface area contributed by atoms with Gasteiger partial charge in [-0.05, 0) is 43.0 Å². The zero-order valence-corrected chi connectivity index (χ0v) is 15.6. The van der Waals surface area contributed by atoms with E-state index in [4.69, 9.17) is 4.42 Å². The zero-order chi connectivity index (χ0) is 18.9. The Morgan fingerprint density at radius 3 is 2.38 bits per heavy atom. The summed E-state index contributed by atoms with van der Waals surface area (Å²) in [7, 11) is 0. The summed E-state index contributed by atoms with van der Waals surface area (Å²) in [6, 6.07) is 9.56. The second kappa shape index (κ2) is 6.74. The summed E-state index contributed by atoms with van der Waals surface area (Å²) >= 11 is 0. The van der Waals surface area contributed by atoms with Gasteiger partial charge in [-0.15, -0.1) is 5.10 Å². The maximum atomic E-state index is 12.4. The van der Waals surface area contributed by atoms with Crippen LogP contribution in [0.3, 0.4) is 0 Å². The van der Waals surface area contributed by atoms with Crippen LogP contribution in [0, 0.1) is 0 Å². The van der Waals surface area contributed by atoms with Gasteiger partial charge in [0.25, 0.3) is 11.8 Å². The van der Waals surface area contributed by atoms with E-state index in [-0.39, 0.29) is 29.3 Å². The third kappa shape index (κ3) is 3.82. The van der Waals surface area contributed by atoms with E-state index in [0.29, 0.717) is 11.3 Å². The molecule has 136 valence electrons. The number of nitrogens with one attached hydrogen (secondary N) is 1. The van der Waals surface area contributed by atoms with Crippen molar-refractivity contribution in [2.45, 2.75) is 46.1 Å². The van der Waals surface area contributed by atoms with Crippen molar-refractivity contribution in [3.8, 4) is 11.6 Å². The molecule has 0 atom stereocenters. The van der Waals surface area contributed by atoms with Crippen LogP contribution in [-0.4, -0.2) is 25.9 Å². The van der Waals surface area contributed by atoms with Crippen molar-refractivity contribution in [2.75, 3.05) is 5.32 Å². The summed E-state index contributed by atoms with van der Waals surface area (Å²) < 4.78 is 7.30. The molecule has 7 heteroatoms. The van der Waals surface area contributed by atoms with E-state index in [2.05, 4.69) is 41.4 Å². The number of carbonyl (C=O) groups is 1. The first-order valence-electron chi connectivity index (χ1n) is 8.55. The van der Waals surface area contributed by atoms with Crippen LogP contribution < -0.4 is 5.32 Å². The lowest BCUT2D eigenvalue weighted by atomic mass is 9.87. The summed E-state index contributed by atoms with van der Waals surface area (Å²) in [5.74, 6) is -0.0313. The molecular weight excluding hydrogens is 330 g/mol. The van der Waals surface area contributed by atoms with Gasteiger partial charge in [-0.25, -0.2) is 0 Å². The molecule has 0 aliphatic rings. The smallest absolute Gasteiger partial charge is 0.322 e. The number of anilines is 1. The molecule has 0 radical (unpaired) electrons.